The second-order valence-electron chi connectivity index (χ2n) is 2.21. The molecule has 0 unspecified atom stereocenters. The van der Waals surface area contributed by atoms with Gasteiger partial charge in [0.05, 0.1) is 22.7 Å². The molecule has 13 heavy (non-hydrogen) atoms. The molecule has 5 heteroatoms. The van der Waals surface area contributed by atoms with Crippen molar-refractivity contribution in [1.82, 2.24) is 0 Å². The number of carbonyl (C=O) groups excluding carboxylic acids is 1. The monoisotopic (exact) mass is 222 g/mol. The van der Waals surface area contributed by atoms with E-state index in [0.717, 1.165) is 7.11 Å². The van der Waals surface area contributed by atoms with E-state index < -0.39 is 11.8 Å². The third kappa shape index (κ3) is 1.92. The molecule has 0 aliphatic rings. The number of benzene rings is 1. The van der Waals surface area contributed by atoms with Crippen LogP contribution in [0.3, 0.4) is 0 Å². The SMILES string of the molecule is COC(=O)c1ccc(Cl)c(Cl)c1F. The number of carbonyl (C=O) groups is 1. The fraction of sp³-hybridized carbons (Fsp3) is 0.125. The van der Waals surface area contributed by atoms with Crippen molar-refractivity contribution in [2.24, 2.45) is 0 Å². The molecule has 0 saturated carbocycles. The molecule has 0 aromatic heterocycles. The Balaban J connectivity index is 3.26. The van der Waals surface area contributed by atoms with Gasteiger partial charge in [0.15, 0.2) is 5.82 Å². The van der Waals surface area contributed by atoms with Gasteiger partial charge in [-0.1, -0.05) is 23.2 Å². The Morgan fingerprint density at radius 1 is 1.46 bits per heavy atom. The number of hydrogen-bond acceptors (Lipinski definition) is 2. The highest BCUT2D eigenvalue weighted by Crippen LogP contribution is 2.27. The molecule has 2 nitrogen and oxygen atoms in total. The minimum absolute atomic E-state index is 0.0619. The molecule has 1 aromatic rings. The lowest BCUT2D eigenvalue weighted by atomic mass is 10.2. The zero-order chi connectivity index (χ0) is 10.0. The molecule has 0 fully saturated rings. The average Bonchev–Trinajstić information content (AvgIpc) is 2.13. The Morgan fingerprint density at radius 2 is 2.08 bits per heavy atom. The molecule has 0 saturated heterocycles. The highest BCUT2D eigenvalue weighted by atomic mass is 35.5. The lowest BCUT2D eigenvalue weighted by molar-refractivity contribution is 0.0595. The van der Waals surface area contributed by atoms with E-state index >= 15 is 0 Å². The Kier molecular flexibility index (Phi) is 3.12. The van der Waals surface area contributed by atoms with Crippen LogP contribution >= 0.6 is 23.2 Å². The minimum Gasteiger partial charge on any atom is -0.465 e. The van der Waals surface area contributed by atoms with E-state index in [9.17, 15) is 9.18 Å². The molecule has 0 radical (unpaired) electrons. The van der Waals surface area contributed by atoms with Crippen molar-refractivity contribution < 1.29 is 13.9 Å². The summed E-state index contributed by atoms with van der Waals surface area (Å²) in [6, 6.07) is 2.55. The molecule has 0 aliphatic heterocycles. The van der Waals surface area contributed by atoms with E-state index in [0.29, 0.717) is 0 Å². The lowest BCUT2D eigenvalue weighted by Gasteiger charge is -2.03. The van der Waals surface area contributed by atoms with Crippen molar-refractivity contribution in [2.45, 2.75) is 0 Å². The molecule has 0 N–H and O–H groups in total. The molecule has 0 heterocycles. The Hall–Kier alpha value is -0.800. The molecule has 70 valence electrons. The number of esters is 1. The molecular formula is C8H5Cl2FO2. The fourth-order valence-electron chi connectivity index (χ4n) is 0.794. The van der Waals surface area contributed by atoms with Crippen LogP contribution in [0.15, 0.2) is 12.1 Å². The van der Waals surface area contributed by atoms with Gasteiger partial charge >= 0.3 is 5.97 Å². The van der Waals surface area contributed by atoms with Gasteiger partial charge in [0.1, 0.15) is 0 Å². The molecule has 1 aromatic carbocycles. The van der Waals surface area contributed by atoms with E-state index in [4.69, 9.17) is 23.2 Å². The molecular weight excluding hydrogens is 218 g/mol. The van der Waals surface area contributed by atoms with E-state index in [1.54, 1.807) is 0 Å². The zero-order valence-electron chi connectivity index (χ0n) is 6.61. The third-order valence-corrected chi connectivity index (χ3v) is 2.22. The van der Waals surface area contributed by atoms with Gasteiger partial charge in [0.2, 0.25) is 0 Å². The van der Waals surface area contributed by atoms with Crippen LogP contribution in [0.5, 0.6) is 0 Å². The van der Waals surface area contributed by atoms with Gasteiger partial charge in [-0.3, -0.25) is 0 Å². The lowest BCUT2D eigenvalue weighted by Crippen LogP contribution is -2.04. The van der Waals surface area contributed by atoms with Gasteiger partial charge in [0.25, 0.3) is 0 Å². The van der Waals surface area contributed by atoms with Gasteiger partial charge in [-0.25, -0.2) is 9.18 Å². The second-order valence-corrected chi connectivity index (χ2v) is 3.00. The number of halogens is 3. The van der Waals surface area contributed by atoms with Crippen LogP contribution in [-0.4, -0.2) is 13.1 Å². The summed E-state index contributed by atoms with van der Waals surface area (Å²) in [5.41, 5.74) is -0.225. The first kappa shape index (κ1) is 10.3. The van der Waals surface area contributed by atoms with Gasteiger partial charge in [-0.05, 0) is 12.1 Å². The summed E-state index contributed by atoms with van der Waals surface area (Å²) in [4.78, 5) is 10.9. The topological polar surface area (TPSA) is 26.3 Å². The molecule has 1 rings (SSSR count). The summed E-state index contributed by atoms with van der Waals surface area (Å²) in [5.74, 6) is -1.64. The fourth-order valence-corrected chi connectivity index (χ4v) is 1.10. The van der Waals surface area contributed by atoms with Crippen LogP contribution in [0.1, 0.15) is 10.4 Å². The highest BCUT2D eigenvalue weighted by molar-refractivity contribution is 6.42. The van der Waals surface area contributed by atoms with Crippen LogP contribution in [0.2, 0.25) is 10.0 Å². The van der Waals surface area contributed by atoms with Crippen molar-refractivity contribution in [3.63, 3.8) is 0 Å². The number of hydrogen-bond donors (Lipinski definition) is 0. The maximum atomic E-state index is 13.2. The van der Waals surface area contributed by atoms with Crippen LogP contribution in [0.25, 0.3) is 0 Å². The van der Waals surface area contributed by atoms with E-state index in [-0.39, 0.29) is 15.6 Å². The molecule has 0 spiro atoms. The standard InChI is InChI=1S/C8H5Cl2FO2/c1-13-8(12)4-2-3-5(9)6(10)7(4)11/h2-3H,1H3. The second kappa shape index (κ2) is 3.94. The summed E-state index contributed by atoms with van der Waals surface area (Å²) < 4.78 is 17.5. The van der Waals surface area contributed by atoms with Crippen LogP contribution in [-0.2, 0) is 4.74 Å². The average molecular weight is 223 g/mol. The van der Waals surface area contributed by atoms with Gasteiger partial charge in [-0.15, -0.1) is 0 Å². The summed E-state index contributed by atoms with van der Waals surface area (Å²) in [7, 11) is 1.16. The van der Waals surface area contributed by atoms with Crippen molar-refractivity contribution in [1.29, 1.82) is 0 Å². The Labute approximate surface area is 84.2 Å². The molecule has 0 bridgehead atoms. The van der Waals surface area contributed by atoms with Crippen molar-refractivity contribution in [3.8, 4) is 0 Å². The molecule has 0 amide bonds. The largest absolute Gasteiger partial charge is 0.465 e. The minimum atomic E-state index is -0.860. The van der Waals surface area contributed by atoms with Crippen LogP contribution in [0.4, 0.5) is 4.39 Å². The van der Waals surface area contributed by atoms with Gasteiger partial charge < -0.3 is 4.74 Å². The van der Waals surface area contributed by atoms with E-state index in [1.165, 1.54) is 12.1 Å². The summed E-state index contributed by atoms with van der Waals surface area (Å²) in [6.45, 7) is 0. The Morgan fingerprint density at radius 3 is 2.62 bits per heavy atom. The molecule has 0 atom stereocenters. The first-order valence-electron chi connectivity index (χ1n) is 3.29. The predicted octanol–water partition coefficient (Wildman–Crippen LogP) is 2.92. The van der Waals surface area contributed by atoms with Crippen LogP contribution < -0.4 is 0 Å². The summed E-state index contributed by atoms with van der Waals surface area (Å²) in [6.07, 6.45) is 0. The van der Waals surface area contributed by atoms with E-state index in [1.807, 2.05) is 0 Å². The zero-order valence-corrected chi connectivity index (χ0v) is 8.12. The van der Waals surface area contributed by atoms with Crippen molar-refractivity contribution in [3.05, 3.63) is 33.6 Å². The first-order chi connectivity index (χ1) is 6.07. The number of methoxy groups -OCH3 is 1. The van der Waals surface area contributed by atoms with Crippen molar-refractivity contribution >= 4 is 29.2 Å². The van der Waals surface area contributed by atoms with Gasteiger partial charge in [0, 0.05) is 0 Å². The number of ether oxygens (including phenoxy) is 1. The van der Waals surface area contributed by atoms with Crippen LogP contribution in [0, 0.1) is 5.82 Å². The first-order valence-corrected chi connectivity index (χ1v) is 4.05. The Bertz CT molecular complexity index is 352. The predicted molar refractivity (Wildman–Crippen MR) is 47.8 cm³/mol. The summed E-state index contributed by atoms with van der Waals surface area (Å²) in [5, 5.41) is -0.212. The highest BCUT2D eigenvalue weighted by Gasteiger charge is 2.16. The summed E-state index contributed by atoms with van der Waals surface area (Å²) >= 11 is 11.0. The quantitative estimate of drug-likeness (QED) is 0.540. The third-order valence-electron chi connectivity index (χ3n) is 1.44. The maximum Gasteiger partial charge on any atom is 0.340 e. The molecule has 0 aliphatic carbocycles. The van der Waals surface area contributed by atoms with Crippen molar-refractivity contribution in [2.75, 3.05) is 7.11 Å². The number of rotatable bonds is 1. The maximum absolute atomic E-state index is 13.2. The normalized spacial score (nSPS) is 9.85. The van der Waals surface area contributed by atoms with Gasteiger partial charge in [-0.2, -0.15) is 0 Å². The van der Waals surface area contributed by atoms with E-state index in [2.05, 4.69) is 4.74 Å². The smallest absolute Gasteiger partial charge is 0.340 e.